The van der Waals surface area contributed by atoms with Gasteiger partial charge in [-0.05, 0) is 18.2 Å². The molecule has 24 heavy (non-hydrogen) atoms. The molecule has 2 aromatic heterocycles. The second-order valence-corrected chi connectivity index (χ2v) is 5.09. The van der Waals surface area contributed by atoms with Gasteiger partial charge in [0.05, 0.1) is 18.5 Å². The number of pyridine rings is 1. The smallest absolute Gasteiger partial charge is 0.224 e. The fourth-order valence-corrected chi connectivity index (χ4v) is 2.33. The Bertz CT molecular complexity index is 808. The molecule has 0 bridgehead atoms. The molecule has 0 aliphatic rings. The zero-order valence-corrected chi connectivity index (χ0v) is 13.7. The topological polar surface area (TPSA) is 72.0 Å². The molecule has 0 saturated heterocycles. The fourth-order valence-electron chi connectivity index (χ4n) is 2.33. The first-order chi connectivity index (χ1) is 11.8. The molecule has 2 N–H and O–H groups in total. The number of methoxy groups -OCH3 is 1. The molecular formula is C18H19N5O. The van der Waals surface area contributed by atoms with Gasteiger partial charge in [-0.1, -0.05) is 24.3 Å². The molecule has 3 rings (SSSR count). The second-order valence-electron chi connectivity index (χ2n) is 5.09. The zero-order valence-electron chi connectivity index (χ0n) is 13.7. The van der Waals surface area contributed by atoms with Gasteiger partial charge in [0.2, 0.25) is 5.95 Å². The van der Waals surface area contributed by atoms with Crippen LogP contribution in [0.1, 0.15) is 5.56 Å². The molecule has 6 heteroatoms. The summed E-state index contributed by atoms with van der Waals surface area (Å²) in [5.74, 6) is 2.11. The average Bonchev–Trinajstić information content (AvgIpc) is 2.67. The molecule has 6 nitrogen and oxygen atoms in total. The highest BCUT2D eigenvalue weighted by Gasteiger charge is 2.08. The number of benzene rings is 1. The number of hydrogen-bond donors (Lipinski definition) is 2. The minimum Gasteiger partial charge on any atom is -0.496 e. The van der Waals surface area contributed by atoms with Crippen LogP contribution in [0.4, 0.5) is 11.8 Å². The minimum absolute atomic E-state index is 0.542. The Hall–Kier alpha value is -3.15. The first kappa shape index (κ1) is 15.7. The van der Waals surface area contributed by atoms with E-state index in [-0.39, 0.29) is 0 Å². The standard InChI is InChI=1S/C18H19N5O/c1-19-18-22-15(14-8-5-6-10-20-14)11-17(23-18)21-12-13-7-3-4-9-16(13)24-2/h3-11H,12H2,1-2H3,(H2,19,21,22,23). The summed E-state index contributed by atoms with van der Waals surface area (Å²) >= 11 is 0. The first-order valence-electron chi connectivity index (χ1n) is 7.64. The van der Waals surface area contributed by atoms with E-state index in [1.807, 2.05) is 48.5 Å². The fraction of sp³-hybridized carbons (Fsp3) is 0.167. The summed E-state index contributed by atoms with van der Waals surface area (Å²) in [6.07, 6.45) is 1.75. The summed E-state index contributed by atoms with van der Waals surface area (Å²) < 4.78 is 5.38. The van der Waals surface area contributed by atoms with E-state index in [2.05, 4.69) is 25.6 Å². The van der Waals surface area contributed by atoms with Crippen LogP contribution < -0.4 is 15.4 Å². The number of anilines is 2. The Morgan fingerprint density at radius 1 is 1.00 bits per heavy atom. The predicted molar refractivity (Wildman–Crippen MR) is 95.1 cm³/mol. The molecule has 0 amide bonds. The van der Waals surface area contributed by atoms with Crippen LogP contribution in [-0.2, 0) is 6.54 Å². The number of nitrogens with one attached hydrogen (secondary N) is 2. The maximum Gasteiger partial charge on any atom is 0.224 e. The van der Waals surface area contributed by atoms with E-state index in [1.54, 1.807) is 20.4 Å². The van der Waals surface area contributed by atoms with Crippen molar-refractivity contribution in [3.05, 3.63) is 60.3 Å². The molecule has 0 fully saturated rings. The molecule has 2 heterocycles. The quantitative estimate of drug-likeness (QED) is 0.726. The first-order valence-corrected chi connectivity index (χ1v) is 7.64. The summed E-state index contributed by atoms with van der Waals surface area (Å²) in [5, 5.41) is 6.31. The van der Waals surface area contributed by atoms with Gasteiger partial charge in [0.1, 0.15) is 11.6 Å². The van der Waals surface area contributed by atoms with Crippen molar-refractivity contribution in [2.24, 2.45) is 0 Å². The highest BCUT2D eigenvalue weighted by Crippen LogP contribution is 2.22. The van der Waals surface area contributed by atoms with Gasteiger partial charge in [-0.25, -0.2) is 4.98 Å². The molecule has 0 aliphatic heterocycles. The van der Waals surface area contributed by atoms with Gasteiger partial charge in [0.15, 0.2) is 0 Å². The third-order valence-corrected chi connectivity index (χ3v) is 3.53. The van der Waals surface area contributed by atoms with Gasteiger partial charge in [-0.2, -0.15) is 4.98 Å². The maximum absolute atomic E-state index is 5.38. The summed E-state index contributed by atoms with van der Waals surface area (Å²) in [5.41, 5.74) is 2.62. The van der Waals surface area contributed by atoms with Crippen LogP contribution in [0.3, 0.4) is 0 Å². The third-order valence-electron chi connectivity index (χ3n) is 3.53. The van der Waals surface area contributed by atoms with Crippen LogP contribution in [0.2, 0.25) is 0 Å². The molecular weight excluding hydrogens is 302 g/mol. The third kappa shape index (κ3) is 3.60. The largest absolute Gasteiger partial charge is 0.496 e. The normalized spacial score (nSPS) is 10.2. The van der Waals surface area contributed by atoms with Crippen molar-refractivity contribution >= 4 is 11.8 Å². The van der Waals surface area contributed by atoms with E-state index < -0.39 is 0 Å². The number of ether oxygens (including phenoxy) is 1. The van der Waals surface area contributed by atoms with Crippen molar-refractivity contribution in [1.29, 1.82) is 0 Å². The second kappa shape index (κ2) is 7.41. The monoisotopic (exact) mass is 321 g/mol. The van der Waals surface area contributed by atoms with Gasteiger partial charge >= 0.3 is 0 Å². The highest BCUT2D eigenvalue weighted by atomic mass is 16.5. The SMILES string of the molecule is CNc1nc(NCc2ccccc2OC)cc(-c2ccccn2)n1. The van der Waals surface area contributed by atoms with Crippen molar-refractivity contribution in [2.45, 2.75) is 6.54 Å². The molecule has 1 aromatic carbocycles. The molecule has 0 aliphatic carbocycles. The lowest BCUT2D eigenvalue weighted by Crippen LogP contribution is -2.06. The van der Waals surface area contributed by atoms with Gasteiger partial charge in [0.25, 0.3) is 0 Å². The minimum atomic E-state index is 0.542. The Kier molecular flexibility index (Phi) is 4.86. The summed E-state index contributed by atoms with van der Waals surface area (Å²) in [7, 11) is 3.46. The Balaban J connectivity index is 1.85. The van der Waals surface area contributed by atoms with E-state index in [1.165, 1.54) is 0 Å². The van der Waals surface area contributed by atoms with Crippen molar-refractivity contribution in [1.82, 2.24) is 15.0 Å². The van der Waals surface area contributed by atoms with E-state index in [0.717, 1.165) is 28.5 Å². The average molecular weight is 321 g/mol. The van der Waals surface area contributed by atoms with Crippen LogP contribution in [0, 0.1) is 0 Å². The van der Waals surface area contributed by atoms with Crippen molar-refractivity contribution in [3.63, 3.8) is 0 Å². The summed E-state index contributed by atoms with van der Waals surface area (Å²) in [6.45, 7) is 0.603. The number of hydrogen-bond acceptors (Lipinski definition) is 6. The van der Waals surface area contributed by atoms with Gasteiger partial charge in [0, 0.05) is 31.4 Å². The zero-order chi connectivity index (χ0) is 16.8. The Morgan fingerprint density at radius 2 is 1.83 bits per heavy atom. The van der Waals surface area contributed by atoms with Crippen LogP contribution in [0.25, 0.3) is 11.4 Å². The van der Waals surface area contributed by atoms with Crippen molar-refractivity contribution < 1.29 is 4.74 Å². The molecule has 3 aromatic rings. The van der Waals surface area contributed by atoms with Crippen LogP contribution in [-0.4, -0.2) is 29.1 Å². The number of aromatic nitrogens is 3. The van der Waals surface area contributed by atoms with E-state index >= 15 is 0 Å². The van der Waals surface area contributed by atoms with E-state index in [4.69, 9.17) is 4.74 Å². The van der Waals surface area contributed by atoms with Gasteiger partial charge in [-0.3, -0.25) is 4.98 Å². The Labute approximate surface area is 141 Å². The van der Waals surface area contributed by atoms with Crippen LogP contribution in [0.15, 0.2) is 54.7 Å². The maximum atomic E-state index is 5.38. The van der Waals surface area contributed by atoms with Crippen molar-refractivity contribution in [3.8, 4) is 17.1 Å². The van der Waals surface area contributed by atoms with Crippen LogP contribution >= 0.6 is 0 Å². The van der Waals surface area contributed by atoms with Crippen molar-refractivity contribution in [2.75, 3.05) is 24.8 Å². The predicted octanol–water partition coefficient (Wildman–Crippen LogP) is 3.20. The molecule has 0 radical (unpaired) electrons. The molecule has 122 valence electrons. The molecule has 0 spiro atoms. The van der Waals surface area contributed by atoms with Crippen LogP contribution in [0.5, 0.6) is 5.75 Å². The van der Waals surface area contributed by atoms with E-state index in [9.17, 15) is 0 Å². The lowest BCUT2D eigenvalue weighted by Gasteiger charge is -2.11. The van der Waals surface area contributed by atoms with Gasteiger partial charge < -0.3 is 15.4 Å². The van der Waals surface area contributed by atoms with E-state index in [0.29, 0.717) is 12.5 Å². The van der Waals surface area contributed by atoms with Gasteiger partial charge in [-0.15, -0.1) is 0 Å². The summed E-state index contributed by atoms with van der Waals surface area (Å²) in [4.78, 5) is 13.3. The summed E-state index contributed by atoms with van der Waals surface area (Å²) in [6, 6.07) is 15.5. The highest BCUT2D eigenvalue weighted by molar-refractivity contribution is 5.61. The Morgan fingerprint density at radius 3 is 2.58 bits per heavy atom. The number of para-hydroxylation sites is 1. The molecule has 0 atom stereocenters. The lowest BCUT2D eigenvalue weighted by atomic mass is 10.2. The molecule has 0 unspecified atom stereocenters. The number of rotatable bonds is 6. The molecule has 0 saturated carbocycles. The number of nitrogens with zero attached hydrogens (tertiary/aromatic N) is 3. The lowest BCUT2D eigenvalue weighted by molar-refractivity contribution is 0.410.